The van der Waals surface area contributed by atoms with Crippen LogP contribution in [0, 0.1) is 0 Å². The van der Waals surface area contributed by atoms with Gasteiger partial charge in [0.2, 0.25) is 10.0 Å². The summed E-state index contributed by atoms with van der Waals surface area (Å²) in [5.74, 6) is 0. The second kappa shape index (κ2) is 6.00. The summed E-state index contributed by atoms with van der Waals surface area (Å²) in [6.07, 6.45) is 0. The zero-order chi connectivity index (χ0) is 12.2. The first-order valence-corrected chi connectivity index (χ1v) is 7.78. The second-order valence-electron chi connectivity index (χ2n) is 3.14. The van der Waals surface area contributed by atoms with Gasteiger partial charge in [-0.1, -0.05) is 34.5 Å². The maximum absolute atomic E-state index is 12.1. The first-order chi connectivity index (χ1) is 7.52. The van der Waals surface area contributed by atoms with E-state index in [1.165, 1.54) is 16.4 Å². The standard InChI is InChI=1S/C10H13BrClNO2S/c1-2-13(8-7-11)16(14,15)10-5-3-9(12)4-6-10/h3-6H,2,7-8H2,1H3. The molecule has 0 bridgehead atoms. The molecule has 0 unspecified atom stereocenters. The molecule has 0 radical (unpaired) electrons. The topological polar surface area (TPSA) is 37.4 Å². The van der Waals surface area contributed by atoms with Crippen molar-refractivity contribution in [2.45, 2.75) is 11.8 Å². The molecule has 0 spiro atoms. The number of hydrogen-bond donors (Lipinski definition) is 0. The summed E-state index contributed by atoms with van der Waals surface area (Å²) in [7, 11) is -3.39. The zero-order valence-corrected chi connectivity index (χ0v) is 12.0. The van der Waals surface area contributed by atoms with E-state index in [1.54, 1.807) is 12.1 Å². The van der Waals surface area contributed by atoms with Crippen LogP contribution in [0.5, 0.6) is 0 Å². The molecule has 1 aromatic carbocycles. The van der Waals surface area contributed by atoms with Gasteiger partial charge in [0.1, 0.15) is 0 Å². The van der Waals surface area contributed by atoms with Gasteiger partial charge in [-0.2, -0.15) is 4.31 Å². The Morgan fingerprint density at radius 1 is 1.31 bits per heavy atom. The predicted molar refractivity (Wildman–Crippen MR) is 69.7 cm³/mol. The van der Waals surface area contributed by atoms with Crippen molar-refractivity contribution < 1.29 is 8.42 Å². The van der Waals surface area contributed by atoms with Crippen molar-refractivity contribution in [2.75, 3.05) is 18.4 Å². The van der Waals surface area contributed by atoms with Gasteiger partial charge < -0.3 is 0 Å². The SMILES string of the molecule is CCN(CCBr)S(=O)(=O)c1ccc(Cl)cc1. The molecule has 0 saturated carbocycles. The lowest BCUT2D eigenvalue weighted by Gasteiger charge is -2.19. The quantitative estimate of drug-likeness (QED) is 0.780. The molecule has 16 heavy (non-hydrogen) atoms. The molecular formula is C10H13BrClNO2S. The van der Waals surface area contributed by atoms with E-state index in [9.17, 15) is 8.42 Å². The Hall–Kier alpha value is -0.100. The van der Waals surface area contributed by atoms with Gasteiger partial charge in [0.15, 0.2) is 0 Å². The largest absolute Gasteiger partial charge is 0.243 e. The lowest BCUT2D eigenvalue weighted by Crippen LogP contribution is -2.32. The minimum Gasteiger partial charge on any atom is -0.207 e. The molecule has 0 saturated heterocycles. The van der Waals surface area contributed by atoms with Gasteiger partial charge >= 0.3 is 0 Å². The van der Waals surface area contributed by atoms with Crippen LogP contribution in [0.4, 0.5) is 0 Å². The molecule has 0 atom stereocenters. The van der Waals surface area contributed by atoms with Crippen LogP contribution < -0.4 is 0 Å². The van der Waals surface area contributed by atoms with Gasteiger partial charge in [-0.3, -0.25) is 0 Å². The fraction of sp³-hybridized carbons (Fsp3) is 0.400. The Balaban J connectivity index is 3.04. The normalized spacial score (nSPS) is 12.0. The van der Waals surface area contributed by atoms with E-state index < -0.39 is 10.0 Å². The van der Waals surface area contributed by atoms with Gasteiger partial charge in [-0.25, -0.2) is 8.42 Å². The smallest absolute Gasteiger partial charge is 0.207 e. The molecule has 0 aliphatic heterocycles. The molecule has 3 nitrogen and oxygen atoms in total. The minimum absolute atomic E-state index is 0.278. The molecule has 0 aromatic heterocycles. The van der Waals surface area contributed by atoms with Crippen molar-refractivity contribution >= 4 is 37.6 Å². The average molecular weight is 327 g/mol. The first kappa shape index (κ1) is 14.0. The van der Waals surface area contributed by atoms with Gasteiger partial charge in [-0.15, -0.1) is 0 Å². The Kier molecular flexibility index (Phi) is 5.24. The number of halogens is 2. The fourth-order valence-corrected chi connectivity index (χ4v) is 3.54. The molecule has 1 aromatic rings. The number of benzene rings is 1. The third kappa shape index (κ3) is 3.20. The lowest BCUT2D eigenvalue weighted by molar-refractivity contribution is 0.448. The summed E-state index contributed by atoms with van der Waals surface area (Å²) < 4.78 is 25.7. The minimum atomic E-state index is -3.39. The first-order valence-electron chi connectivity index (χ1n) is 4.84. The monoisotopic (exact) mass is 325 g/mol. The van der Waals surface area contributed by atoms with Crippen LogP contribution in [-0.2, 0) is 10.0 Å². The molecule has 1 rings (SSSR count). The van der Waals surface area contributed by atoms with Crippen LogP contribution >= 0.6 is 27.5 Å². The van der Waals surface area contributed by atoms with E-state index in [0.717, 1.165) is 0 Å². The zero-order valence-electron chi connectivity index (χ0n) is 8.86. The van der Waals surface area contributed by atoms with Crippen LogP contribution in [0.25, 0.3) is 0 Å². The van der Waals surface area contributed by atoms with Crippen molar-refractivity contribution in [3.05, 3.63) is 29.3 Å². The summed E-state index contributed by atoms with van der Waals surface area (Å²) in [6, 6.07) is 6.20. The number of rotatable bonds is 5. The predicted octanol–water partition coefficient (Wildman–Crippen LogP) is 2.75. The van der Waals surface area contributed by atoms with Crippen LogP contribution in [-0.4, -0.2) is 31.1 Å². The summed E-state index contributed by atoms with van der Waals surface area (Å²) in [6.45, 7) is 2.73. The van der Waals surface area contributed by atoms with Crippen molar-refractivity contribution in [3.63, 3.8) is 0 Å². The third-order valence-electron chi connectivity index (χ3n) is 2.14. The van der Waals surface area contributed by atoms with Gasteiger partial charge in [0, 0.05) is 23.4 Å². The third-order valence-corrected chi connectivity index (χ3v) is 4.73. The highest BCUT2D eigenvalue weighted by Gasteiger charge is 2.21. The Bertz CT molecular complexity index is 433. The Morgan fingerprint density at radius 2 is 1.88 bits per heavy atom. The highest BCUT2D eigenvalue weighted by atomic mass is 79.9. The maximum Gasteiger partial charge on any atom is 0.243 e. The molecule has 0 amide bonds. The van der Waals surface area contributed by atoms with Crippen LogP contribution in [0.15, 0.2) is 29.2 Å². The van der Waals surface area contributed by atoms with E-state index in [-0.39, 0.29) is 4.90 Å². The van der Waals surface area contributed by atoms with Crippen LogP contribution in [0.2, 0.25) is 5.02 Å². The maximum atomic E-state index is 12.1. The molecule has 0 heterocycles. The van der Waals surface area contributed by atoms with E-state index >= 15 is 0 Å². The van der Waals surface area contributed by atoms with E-state index in [2.05, 4.69) is 15.9 Å². The summed E-state index contributed by atoms with van der Waals surface area (Å²) in [4.78, 5) is 0.278. The van der Waals surface area contributed by atoms with Gasteiger partial charge in [0.05, 0.1) is 4.90 Å². The number of nitrogens with zero attached hydrogens (tertiary/aromatic N) is 1. The summed E-state index contributed by atoms with van der Waals surface area (Å²) in [5.41, 5.74) is 0. The number of alkyl halides is 1. The number of hydrogen-bond acceptors (Lipinski definition) is 2. The molecule has 0 N–H and O–H groups in total. The van der Waals surface area contributed by atoms with Crippen LogP contribution in [0.1, 0.15) is 6.92 Å². The lowest BCUT2D eigenvalue weighted by atomic mass is 10.4. The summed E-state index contributed by atoms with van der Waals surface area (Å²) >= 11 is 8.96. The highest BCUT2D eigenvalue weighted by Crippen LogP contribution is 2.18. The molecule has 0 aliphatic carbocycles. The van der Waals surface area contributed by atoms with E-state index in [4.69, 9.17) is 11.6 Å². The fourth-order valence-electron chi connectivity index (χ4n) is 1.30. The summed E-state index contributed by atoms with van der Waals surface area (Å²) in [5, 5.41) is 1.15. The number of sulfonamides is 1. The molecule has 90 valence electrons. The molecule has 0 fully saturated rings. The Morgan fingerprint density at radius 3 is 2.31 bits per heavy atom. The van der Waals surface area contributed by atoms with Crippen molar-refractivity contribution in [1.82, 2.24) is 4.31 Å². The Labute approximate surface area is 110 Å². The van der Waals surface area contributed by atoms with Crippen LogP contribution in [0.3, 0.4) is 0 Å². The molecular weight excluding hydrogens is 314 g/mol. The van der Waals surface area contributed by atoms with Crippen molar-refractivity contribution in [3.8, 4) is 0 Å². The van der Waals surface area contributed by atoms with E-state index in [0.29, 0.717) is 23.4 Å². The molecule has 0 aliphatic rings. The molecule has 6 heteroatoms. The van der Waals surface area contributed by atoms with E-state index in [1.807, 2.05) is 6.92 Å². The van der Waals surface area contributed by atoms with Gasteiger partial charge in [-0.05, 0) is 24.3 Å². The van der Waals surface area contributed by atoms with Crippen molar-refractivity contribution in [2.24, 2.45) is 0 Å². The van der Waals surface area contributed by atoms with Gasteiger partial charge in [0.25, 0.3) is 0 Å². The highest BCUT2D eigenvalue weighted by molar-refractivity contribution is 9.09. The average Bonchev–Trinajstić information content (AvgIpc) is 2.26. The second-order valence-corrected chi connectivity index (χ2v) is 6.31. The van der Waals surface area contributed by atoms with Crippen molar-refractivity contribution in [1.29, 1.82) is 0 Å².